The van der Waals surface area contributed by atoms with Crippen LogP contribution < -0.4 is 22.9 Å². The fourth-order valence-electron chi connectivity index (χ4n) is 1.89. The topological polar surface area (TPSA) is 172 Å². The number of hydrogen-bond donors (Lipinski definition) is 4. The Labute approximate surface area is 146 Å². The van der Waals surface area contributed by atoms with Crippen LogP contribution in [-0.4, -0.2) is 23.6 Å². The van der Waals surface area contributed by atoms with E-state index in [-0.39, 0.29) is 28.9 Å². The van der Waals surface area contributed by atoms with Crippen LogP contribution in [0.5, 0.6) is 0 Å². The Hall–Kier alpha value is -2.90. The Balaban J connectivity index is 0.000000462. The number of carbonyl (C=O) groups is 4. The van der Waals surface area contributed by atoms with Gasteiger partial charge in [0.2, 0.25) is 23.6 Å². The van der Waals surface area contributed by atoms with Crippen LogP contribution in [0.25, 0.3) is 0 Å². The number of primary amides is 4. The van der Waals surface area contributed by atoms with Crippen molar-refractivity contribution >= 4 is 23.6 Å². The number of unbranched alkanes of at least 4 members (excludes halogenated alkanes) is 2. The quantitative estimate of drug-likeness (QED) is 0.473. The summed E-state index contributed by atoms with van der Waals surface area (Å²) >= 11 is 0. The van der Waals surface area contributed by atoms with E-state index in [2.05, 4.69) is 0 Å². The van der Waals surface area contributed by atoms with Crippen LogP contribution in [0.1, 0.15) is 59.7 Å². The Bertz CT molecular complexity index is 587. The smallest absolute Gasteiger partial charge is 0.248 e. The second-order valence-electron chi connectivity index (χ2n) is 5.68. The second kappa shape index (κ2) is 11.6. The summed E-state index contributed by atoms with van der Waals surface area (Å²) in [5.41, 5.74) is 20.6. The summed E-state index contributed by atoms with van der Waals surface area (Å²) in [4.78, 5) is 42.3. The van der Waals surface area contributed by atoms with Crippen molar-refractivity contribution in [2.45, 2.75) is 39.0 Å². The lowest BCUT2D eigenvalue weighted by Gasteiger charge is -2.05. The summed E-state index contributed by atoms with van der Waals surface area (Å²) in [6.07, 6.45) is 3.90. The van der Waals surface area contributed by atoms with E-state index in [0.29, 0.717) is 6.42 Å². The molecule has 4 amide bonds. The molecule has 0 spiro atoms. The molecular weight excluding hydrogens is 324 g/mol. The Morgan fingerprint density at radius 2 is 1.40 bits per heavy atom. The van der Waals surface area contributed by atoms with Crippen molar-refractivity contribution in [3.63, 3.8) is 0 Å². The van der Waals surface area contributed by atoms with Crippen molar-refractivity contribution < 1.29 is 19.2 Å². The predicted octanol–water partition coefficient (Wildman–Crippen LogP) is 0.428. The number of nitrogens with two attached hydrogens (primary N) is 4. The lowest BCUT2D eigenvalue weighted by atomic mass is 10.0. The van der Waals surface area contributed by atoms with Crippen molar-refractivity contribution in [3.8, 4) is 0 Å². The van der Waals surface area contributed by atoms with Crippen LogP contribution >= 0.6 is 0 Å². The van der Waals surface area contributed by atoms with Crippen molar-refractivity contribution in [1.29, 1.82) is 0 Å². The van der Waals surface area contributed by atoms with Crippen molar-refractivity contribution in [2.75, 3.05) is 0 Å². The molecule has 138 valence electrons. The maximum Gasteiger partial charge on any atom is 0.248 e. The highest BCUT2D eigenvalue weighted by molar-refractivity contribution is 5.98. The van der Waals surface area contributed by atoms with Gasteiger partial charge in [-0.25, -0.2) is 0 Å². The molecule has 0 saturated heterocycles. The van der Waals surface area contributed by atoms with Gasteiger partial charge in [-0.3, -0.25) is 19.2 Å². The zero-order chi connectivity index (χ0) is 19.4. The molecule has 0 aliphatic heterocycles. The van der Waals surface area contributed by atoms with Crippen LogP contribution in [0.4, 0.5) is 0 Å². The van der Waals surface area contributed by atoms with Gasteiger partial charge in [0.05, 0.1) is 0 Å². The van der Waals surface area contributed by atoms with Crippen LogP contribution in [0.15, 0.2) is 24.3 Å². The number of amides is 4. The van der Waals surface area contributed by atoms with Crippen LogP contribution in [0, 0.1) is 5.92 Å². The molecule has 0 aliphatic rings. The monoisotopic (exact) mass is 350 g/mol. The number of carbonyl (C=O) groups excluding carboxylic acids is 4. The summed E-state index contributed by atoms with van der Waals surface area (Å²) in [5.74, 6) is -1.72. The van der Waals surface area contributed by atoms with Crippen LogP contribution in [-0.2, 0) is 9.59 Å². The van der Waals surface area contributed by atoms with Gasteiger partial charge in [0, 0.05) is 23.5 Å². The lowest BCUT2D eigenvalue weighted by molar-refractivity contribution is -0.121. The van der Waals surface area contributed by atoms with Gasteiger partial charge in [-0.1, -0.05) is 25.8 Å². The van der Waals surface area contributed by atoms with Crippen LogP contribution in [0.3, 0.4) is 0 Å². The molecule has 0 bridgehead atoms. The Morgan fingerprint density at radius 3 is 1.80 bits per heavy atom. The van der Waals surface area contributed by atoms with Gasteiger partial charge in [-0.2, -0.15) is 0 Å². The molecule has 8 N–H and O–H groups in total. The maximum atomic E-state index is 10.6. The third-order valence-electron chi connectivity index (χ3n) is 3.48. The fraction of sp³-hybridized carbons (Fsp3) is 0.412. The van der Waals surface area contributed by atoms with E-state index >= 15 is 0 Å². The molecule has 1 aromatic rings. The van der Waals surface area contributed by atoms with E-state index in [1.165, 1.54) is 18.2 Å². The van der Waals surface area contributed by atoms with Crippen molar-refractivity contribution in [2.24, 2.45) is 28.9 Å². The van der Waals surface area contributed by atoms with E-state index in [1.807, 2.05) is 6.92 Å². The van der Waals surface area contributed by atoms with Gasteiger partial charge in [-0.05, 0) is 31.0 Å². The van der Waals surface area contributed by atoms with E-state index < -0.39 is 11.8 Å². The molecule has 0 aromatic heterocycles. The van der Waals surface area contributed by atoms with Gasteiger partial charge in [0.15, 0.2) is 0 Å². The van der Waals surface area contributed by atoms with E-state index in [9.17, 15) is 19.2 Å². The lowest BCUT2D eigenvalue weighted by Crippen LogP contribution is -2.20. The Kier molecular flexibility index (Phi) is 10.3. The van der Waals surface area contributed by atoms with E-state index in [1.54, 1.807) is 6.07 Å². The number of rotatable bonds is 9. The van der Waals surface area contributed by atoms with E-state index in [4.69, 9.17) is 22.9 Å². The highest BCUT2D eigenvalue weighted by Crippen LogP contribution is 2.09. The summed E-state index contributed by atoms with van der Waals surface area (Å²) in [7, 11) is 0. The maximum absolute atomic E-state index is 10.6. The Morgan fingerprint density at radius 1 is 0.880 bits per heavy atom. The van der Waals surface area contributed by atoms with Crippen LogP contribution in [0.2, 0.25) is 0 Å². The molecule has 1 atom stereocenters. The minimum Gasteiger partial charge on any atom is -0.370 e. The zero-order valence-electron chi connectivity index (χ0n) is 14.4. The minimum atomic E-state index is -0.571. The molecule has 0 fully saturated rings. The average molecular weight is 350 g/mol. The first-order chi connectivity index (χ1) is 11.6. The first-order valence-corrected chi connectivity index (χ1v) is 7.92. The van der Waals surface area contributed by atoms with Gasteiger partial charge >= 0.3 is 0 Å². The standard InChI is InChI=1S/C9H18N2O2.C8H8N2O2/c1-7(9(11)13)5-3-2-4-6-8(10)12;9-7(11)5-2-1-3-6(4-5)8(10)12/h7H,2-6H2,1H3,(H2,10,12)(H2,11,13);1-4H,(H2,9,11)(H2,10,12). The largest absolute Gasteiger partial charge is 0.370 e. The minimum absolute atomic E-state index is 0.0615. The second-order valence-corrected chi connectivity index (χ2v) is 5.68. The van der Waals surface area contributed by atoms with Gasteiger partial charge in [0.25, 0.3) is 0 Å². The molecule has 1 aromatic carbocycles. The summed E-state index contributed by atoms with van der Waals surface area (Å²) in [6, 6.07) is 5.97. The molecule has 1 rings (SSSR count). The normalized spacial score (nSPS) is 10.9. The number of benzene rings is 1. The average Bonchev–Trinajstić information content (AvgIpc) is 2.54. The molecule has 1 unspecified atom stereocenters. The molecule has 0 saturated carbocycles. The molecule has 8 nitrogen and oxygen atoms in total. The fourth-order valence-corrected chi connectivity index (χ4v) is 1.89. The molecule has 8 heteroatoms. The summed E-state index contributed by atoms with van der Waals surface area (Å²) in [6.45, 7) is 1.82. The molecule has 25 heavy (non-hydrogen) atoms. The first kappa shape index (κ1) is 22.1. The first-order valence-electron chi connectivity index (χ1n) is 7.92. The van der Waals surface area contributed by atoms with Gasteiger partial charge < -0.3 is 22.9 Å². The SMILES string of the molecule is CC(CCCCCC(N)=O)C(N)=O.NC(=O)c1cccc(C(N)=O)c1. The van der Waals surface area contributed by atoms with Gasteiger partial charge in [0.1, 0.15) is 0 Å². The zero-order valence-corrected chi connectivity index (χ0v) is 14.4. The van der Waals surface area contributed by atoms with Gasteiger partial charge in [-0.15, -0.1) is 0 Å². The molecule has 0 aliphatic carbocycles. The predicted molar refractivity (Wildman–Crippen MR) is 94.1 cm³/mol. The number of hydrogen-bond acceptors (Lipinski definition) is 4. The van der Waals surface area contributed by atoms with Crippen molar-refractivity contribution in [1.82, 2.24) is 0 Å². The highest BCUT2D eigenvalue weighted by atomic mass is 16.2. The summed E-state index contributed by atoms with van der Waals surface area (Å²) in [5, 5.41) is 0. The van der Waals surface area contributed by atoms with E-state index in [0.717, 1.165) is 25.7 Å². The summed E-state index contributed by atoms with van der Waals surface area (Å²) < 4.78 is 0. The third kappa shape index (κ3) is 10.5. The third-order valence-corrected chi connectivity index (χ3v) is 3.48. The molecule has 0 radical (unpaired) electrons. The molecule has 0 heterocycles. The van der Waals surface area contributed by atoms with Crippen molar-refractivity contribution in [3.05, 3.63) is 35.4 Å². The highest BCUT2D eigenvalue weighted by Gasteiger charge is 2.07. The molecular formula is C17H26N4O4.